The van der Waals surface area contributed by atoms with Crippen LogP contribution in [0.2, 0.25) is 0 Å². The van der Waals surface area contributed by atoms with Gasteiger partial charge in [-0.1, -0.05) is 72.5 Å². The molecule has 2 unspecified atom stereocenters. The third kappa shape index (κ3) is 6.31. The number of benzene rings is 3. The van der Waals surface area contributed by atoms with Crippen LogP contribution in [0.1, 0.15) is 37.5 Å². The lowest BCUT2D eigenvalue weighted by atomic mass is 9.92. The van der Waals surface area contributed by atoms with Crippen molar-refractivity contribution >= 4 is 5.97 Å². The van der Waals surface area contributed by atoms with E-state index < -0.39 is 17.7 Å². The Balaban J connectivity index is 1.81. The Kier molecular flexibility index (Phi) is 7.48. The fraction of sp³-hybridized carbons (Fsp3) is 0.250. The topological polar surface area (TPSA) is 66.8 Å². The maximum atomic E-state index is 11.5. The molecule has 0 aromatic heterocycles. The van der Waals surface area contributed by atoms with Gasteiger partial charge in [-0.3, -0.25) is 0 Å². The molecule has 0 amide bonds. The molecule has 2 N–H and O–H groups in total. The first kappa shape index (κ1) is 23.3. The molecule has 3 rings (SSSR count). The van der Waals surface area contributed by atoms with Crippen molar-refractivity contribution in [2.45, 2.75) is 45.0 Å². The Hall–Kier alpha value is -3.39. The summed E-state index contributed by atoms with van der Waals surface area (Å²) in [5.74, 6) is 5.01. The minimum Gasteiger partial charge on any atom is -0.479 e. The van der Waals surface area contributed by atoms with E-state index >= 15 is 0 Å². The van der Waals surface area contributed by atoms with Gasteiger partial charge in [-0.25, -0.2) is 4.79 Å². The summed E-state index contributed by atoms with van der Waals surface area (Å²) >= 11 is 0. The molecule has 0 saturated heterocycles. The Morgan fingerprint density at radius 3 is 2.34 bits per heavy atom. The highest BCUT2D eigenvalue weighted by Crippen LogP contribution is 2.26. The molecule has 2 atom stereocenters. The molecule has 3 aromatic carbocycles. The van der Waals surface area contributed by atoms with E-state index in [1.165, 1.54) is 0 Å². The summed E-state index contributed by atoms with van der Waals surface area (Å²) in [6, 6.07) is 25.1. The van der Waals surface area contributed by atoms with Crippen LogP contribution in [0.5, 0.6) is 0 Å². The monoisotopic (exact) mass is 428 g/mol. The summed E-state index contributed by atoms with van der Waals surface area (Å²) in [4.78, 5) is 11.5. The van der Waals surface area contributed by atoms with E-state index in [0.29, 0.717) is 11.1 Å². The predicted octanol–water partition coefficient (Wildman–Crippen LogP) is 5.03. The quantitative estimate of drug-likeness (QED) is 0.518. The molecule has 0 bridgehead atoms. The van der Waals surface area contributed by atoms with Gasteiger partial charge in [-0.2, -0.15) is 0 Å². The molecule has 0 aliphatic heterocycles. The first-order valence-corrected chi connectivity index (χ1v) is 10.6. The zero-order chi connectivity index (χ0) is 23.1. The van der Waals surface area contributed by atoms with Crippen LogP contribution in [0.15, 0.2) is 78.9 Å². The Labute approximate surface area is 189 Å². The summed E-state index contributed by atoms with van der Waals surface area (Å²) in [6.07, 6.45) is -0.846. The lowest BCUT2D eigenvalue weighted by Gasteiger charge is -2.18. The summed E-state index contributed by atoms with van der Waals surface area (Å²) in [6.45, 7) is 5.30. The minimum atomic E-state index is -1.34. The first-order chi connectivity index (χ1) is 15.2. The summed E-state index contributed by atoms with van der Waals surface area (Å²) in [7, 11) is 0. The molecule has 0 fully saturated rings. The van der Waals surface area contributed by atoms with E-state index in [0.717, 1.165) is 16.7 Å². The van der Waals surface area contributed by atoms with Crippen molar-refractivity contribution in [2.75, 3.05) is 0 Å². The van der Waals surface area contributed by atoms with Gasteiger partial charge in [0.25, 0.3) is 0 Å². The molecule has 4 heteroatoms. The number of carbonyl (C=O) groups is 1. The average Bonchev–Trinajstić information content (AvgIpc) is 2.78. The molecule has 0 aliphatic rings. The zero-order valence-electron chi connectivity index (χ0n) is 18.6. The molecule has 0 heterocycles. The second-order valence-electron chi connectivity index (χ2n) is 8.19. The smallest absolute Gasteiger partial charge is 0.333 e. The third-order valence-corrected chi connectivity index (χ3v) is 5.04. The summed E-state index contributed by atoms with van der Waals surface area (Å²) < 4.78 is 5.50. The molecule has 0 spiro atoms. The zero-order valence-corrected chi connectivity index (χ0v) is 18.6. The molecular formula is C28H28O4. The molecule has 164 valence electrons. The van der Waals surface area contributed by atoms with Gasteiger partial charge in [0, 0.05) is 12.0 Å². The highest BCUT2D eigenvalue weighted by Gasteiger charge is 2.21. The fourth-order valence-corrected chi connectivity index (χ4v) is 3.41. The van der Waals surface area contributed by atoms with Crippen LogP contribution < -0.4 is 0 Å². The van der Waals surface area contributed by atoms with Gasteiger partial charge in [0.15, 0.2) is 6.10 Å². The Morgan fingerprint density at radius 1 is 0.969 bits per heavy atom. The number of aliphatic carboxylic acids is 1. The lowest BCUT2D eigenvalue weighted by Crippen LogP contribution is -2.29. The Morgan fingerprint density at radius 2 is 1.66 bits per heavy atom. The van der Waals surface area contributed by atoms with E-state index in [9.17, 15) is 15.0 Å². The van der Waals surface area contributed by atoms with E-state index in [-0.39, 0.29) is 12.5 Å². The van der Waals surface area contributed by atoms with E-state index in [2.05, 4.69) is 11.8 Å². The maximum Gasteiger partial charge on any atom is 0.333 e. The standard InChI is InChI=1S/C28H28O4/c1-20(2)32-26(27(29)30)18-22-10-7-9-21(17-22)15-16-28(3,31)25-14-8-13-24(19-25)23-11-5-4-6-12-23/h4-14,17,19-20,26,31H,18H2,1-3H3,(H,29,30). The van der Waals surface area contributed by atoms with Gasteiger partial charge in [0.2, 0.25) is 0 Å². The highest BCUT2D eigenvalue weighted by molar-refractivity contribution is 5.72. The van der Waals surface area contributed by atoms with E-state index in [1.54, 1.807) is 6.92 Å². The van der Waals surface area contributed by atoms with E-state index in [1.807, 2.05) is 92.7 Å². The van der Waals surface area contributed by atoms with Crippen LogP contribution >= 0.6 is 0 Å². The van der Waals surface area contributed by atoms with Crippen LogP contribution in [0.25, 0.3) is 11.1 Å². The summed E-state index contributed by atoms with van der Waals surface area (Å²) in [5, 5.41) is 20.4. The number of hydrogen-bond donors (Lipinski definition) is 2. The van der Waals surface area contributed by atoms with Gasteiger partial charge in [-0.05, 0) is 61.2 Å². The Bertz CT molecular complexity index is 1120. The fourth-order valence-electron chi connectivity index (χ4n) is 3.41. The first-order valence-electron chi connectivity index (χ1n) is 10.6. The van der Waals surface area contributed by atoms with Crippen molar-refractivity contribution in [2.24, 2.45) is 0 Å². The molecule has 4 nitrogen and oxygen atoms in total. The minimum absolute atomic E-state index is 0.180. The largest absolute Gasteiger partial charge is 0.479 e. The van der Waals surface area contributed by atoms with Crippen molar-refractivity contribution in [1.29, 1.82) is 0 Å². The molecule has 32 heavy (non-hydrogen) atoms. The normalized spacial score (nSPS) is 13.7. The number of rotatable bonds is 7. The van der Waals surface area contributed by atoms with Gasteiger partial charge in [0.1, 0.15) is 5.60 Å². The van der Waals surface area contributed by atoms with Crippen molar-refractivity contribution in [3.05, 3.63) is 95.6 Å². The maximum absolute atomic E-state index is 11.5. The van der Waals surface area contributed by atoms with Crippen LogP contribution in [0, 0.1) is 11.8 Å². The van der Waals surface area contributed by atoms with Crippen molar-refractivity contribution in [1.82, 2.24) is 0 Å². The van der Waals surface area contributed by atoms with Gasteiger partial charge >= 0.3 is 5.97 Å². The molecule has 0 aliphatic carbocycles. The number of carboxylic acid groups (broad SMARTS) is 1. The van der Waals surface area contributed by atoms with Crippen molar-refractivity contribution < 1.29 is 19.7 Å². The van der Waals surface area contributed by atoms with Crippen molar-refractivity contribution in [3.8, 4) is 23.0 Å². The lowest BCUT2D eigenvalue weighted by molar-refractivity contribution is -0.153. The number of hydrogen-bond acceptors (Lipinski definition) is 3. The second-order valence-corrected chi connectivity index (χ2v) is 8.19. The van der Waals surface area contributed by atoms with Gasteiger partial charge in [-0.15, -0.1) is 0 Å². The molecule has 0 saturated carbocycles. The molecular weight excluding hydrogens is 400 g/mol. The number of carboxylic acids is 1. The molecule has 3 aromatic rings. The van der Waals surface area contributed by atoms with Crippen LogP contribution in [-0.4, -0.2) is 28.4 Å². The highest BCUT2D eigenvalue weighted by atomic mass is 16.5. The SMILES string of the molecule is CC(C)OC(Cc1cccc(C#CC(C)(O)c2cccc(-c3ccccc3)c2)c1)C(=O)O. The van der Waals surface area contributed by atoms with Crippen LogP contribution in [0.4, 0.5) is 0 Å². The van der Waals surface area contributed by atoms with Gasteiger partial charge < -0.3 is 14.9 Å². The van der Waals surface area contributed by atoms with Crippen molar-refractivity contribution in [3.63, 3.8) is 0 Å². The van der Waals surface area contributed by atoms with Crippen LogP contribution in [0.3, 0.4) is 0 Å². The van der Waals surface area contributed by atoms with Crippen LogP contribution in [-0.2, 0) is 21.6 Å². The average molecular weight is 429 g/mol. The molecule has 0 radical (unpaired) electrons. The predicted molar refractivity (Wildman–Crippen MR) is 126 cm³/mol. The summed E-state index contributed by atoms with van der Waals surface area (Å²) in [5.41, 5.74) is 2.97. The number of aliphatic hydroxyl groups is 1. The second kappa shape index (κ2) is 10.3. The van der Waals surface area contributed by atoms with Gasteiger partial charge in [0.05, 0.1) is 6.10 Å². The number of ether oxygens (including phenoxy) is 1. The van der Waals surface area contributed by atoms with E-state index in [4.69, 9.17) is 4.74 Å². The third-order valence-electron chi connectivity index (χ3n) is 5.04.